The van der Waals surface area contributed by atoms with Crippen molar-refractivity contribution < 1.29 is 37.6 Å². The molecule has 0 bridgehead atoms. The van der Waals surface area contributed by atoms with Crippen molar-refractivity contribution >= 4 is 19.8 Å². The molecule has 0 amide bonds. The van der Waals surface area contributed by atoms with Gasteiger partial charge in [-0.05, 0) is 12.8 Å². The number of unbranched alkanes of at least 4 members (excludes halogenated alkanes) is 19. The van der Waals surface area contributed by atoms with Gasteiger partial charge < -0.3 is 20.1 Å². The molecule has 0 aliphatic heterocycles. The van der Waals surface area contributed by atoms with Gasteiger partial charge in [-0.1, -0.05) is 150 Å². The first-order valence-corrected chi connectivity index (χ1v) is 19.5. The number of carbonyl (C=O) groups is 2. The van der Waals surface area contributed by atoms with Gasteiger partial charge in [0.05, 0.1) is 13.2 Å². The fourth-order valence-electron chi connectivity index (χ4n) is 4.69. The number of esters is 2. The van der Waals surface area contributed by atoms with E-state index in [1.807, 2.05) is 13.8 Å². The zero-order valence-corrected chi connectivity index (χ0v) is 29.9. The Kier molecular flexibility index (Phi) is 35.8. The van der Waals surface area contributed by atoms with Gasteiger partial charge in [-0.15, -0.1) is 0 Å². The number of phosphoric ester groups is 1. The number of phosphoric acid groups is 1. The van der Waals surface area contributed by atoms with E-state index in [2.05, 4.69) is 13.8 Å². The Bertz CT molecular complexity index is 680. The summed E-state index contributed by atoms with van der Waals surface area (Å²) in [5.74, 6) is -0.826. The lowest BCUT2D eigenvalue weighted by Crippen LogP contribution is -2.29. The minimum atomic E-state index is -4.35. The lowest BCUT2D eigenvalue weighted by molar-refractivity contribution is -0.161. The molecule has 0 rings (SSSR count). The zero-order valence-electron chi connectivity index (χ0n) is 29.0. The highest BCUT2D eigenvalue weighted by Gasteiger charge is 2.25. The van der Waals surface area contributed by atoms with E-state index in [-0.39, 0.29) is 38.6 Å². The summed E-state index contributed by atoms with van der Waals surface area (Å²) in [6, 6.07) is 0. The van der Waals surface area contributed by atoms with Crippen LogP contribution in [0.25, 0.3) is 0 Å². The van der Waals surface area contributed by atoms with Crippen LogP contribution in [0.1, 0.15) is 175 Å². The van der Waals surface area contributed by atoms with Crippen molar-refractivity contribution in [1.82, 2.24) is 0 Å². The second kappa shape index (κ2) is 34.9. The van der Waals surface area contributed by atoms with Gasteiger partial charge in [0.2, 0.25) is 0 Å². The van der Waals surface area contributed by atoms with Gasteiger partial charge >= 0.3 is 19.8 Å². The molecule has 9 nitrogen and oxygen atoms in total. The van der Waals surface area contributed by atoms with Gasteiger partial charge in [0.25, 0.3) is 0 Å². The number of rotatable bonds is 32. The third-order valence-electron chi connectivity index (χ3n) is 7.24. The van der Waals surface area contributed by atoms with Crippen molar-refractivity contribution in [1.29, 1.82) is 0 Å². The van der Waals surface area contributed by atoms with Crippen LogP contribution in [0.2, 0.25) is 0 Å². The molecule has 2 atom stereocenters. The average molecular weight is 652 g/mol. The van der Waals surface area contributed by atoms with E-state index in [9.17, 15) is 19.0 Å². The van der Waals surface area contributed by atoms with Gasteiger partial charge in [0.1, 0.15) is 6.61 Å². The van der Waals surface area contributed by atoms with Crippen molar-refractivity contribution in [3.05, 3.63) is 0 Å². The molecular weight excluding hydrogens is 581 g/mol. The molecule has 0 heterocycles. The zero-order chi connectivity index (χ0) is 33.2. The first-order valence-electron chi connectivity index (χ1n) is 18.0. The smallest absolute Gasteiger partial charge is 0.462 e. The van der Waals surface area contributed by atoms with Gasteiger partial charge in [-0.25, -0.2) is 4.57 Å². The molecule has 0 spiro atoms. The lowest BCUT2D eigenvalue weighted by atomic mass is 10.1. The van der Waals surface area contributed by atoms with Crippen molar-refractivity contribution in [2.75, 3.05) is 26.4 Å². The molecule has 0 radical (unpaired) electrons. The van der Waals surface area contributed by atoms with Crippen LogP contribution in [0.4, 0.5) is 0 Å². The minimum Gasteiger partial charge on any atom is -0.462 e. The summed E-state index contributed by atoms with van der Waals surface area (Å²) in [7, 11) is -4.35. The largest absolute Gasteiger partial charge is 0.472 e. The molecule has 1 unspecified atom stereocenters. The molecule has 0 fully saturated rings. The average Bonchev–Trinajstić information content (AvgIpc) is 3.02. The van der Waals surface area contributed by atoms with E-state index < -0.39 is 26.5 Å². The number of nitrogens with two attached hydrogens (primary N) is 1. The maximum Gasteiger partial charge on any atom is 0.472 e. The van der Waals surface area contributed by atoms with E-state index in [4.69, 9.17) is 24.3 Å². The highest BCUT2D eigenvalue weighted by molar-refractivity contribution is 7.47. The Morgan fingerprint density at radius 3 is 1.41 bits per heavy atom. The highest BCUT2D eigenvalue weighted by atomic mass is 31.2. The number of carbonyl (C=O) groups excluding carboxylic acids is 2. The molecule has 264 valence electrons. The van der Waals surface area contributed by atoms with Crippen LogP contribution in [0, 0.1) is 0 Å². The summed E-state index contributed by atoms with van der Waals surface area (Å²) in [5.41, 5.74) is 5.31. The lowest BCUT2D eigenvalue weighted by Gasteiger charge is -2.19. The first kappa shape index (κ1) is 45.1. The Hall–Kier alpha value is -0.990. The standard InChI is InChI=1S/C32H64NO8P.C2H6/c1-3-5-7-9-11-13-15-17-18-20-22-24-31(34)38-28-30(29-40-42(36,37)39-27-26-33)41-32(35)25-23-21-19-16-14-12-10-8-6-4-2;1-2/h30H,3-29,33H2,1-2H3,(H,36,37);1-2H3/t30-;/m1./s1. The molecule has 0 aromatic heterocycles. The molecule has 0 aromatic carbocycles. The third kappa shape index (κ3) is 33.9. The van der Waals surface area contributed by atoms with Crippen LogP contribution < -0.4 is 5.73 Å². The molecular formula is C34H70NO8P. The normalized spacial score (nSPS) is 13.0. The predicted molar refractivity (Wildman–Crippen MR) is 181 cm³/mol. The van der Waals surface area contributed by atoms with E-state index in [1.54, 1.807) is 0 Å². The molecule has 44 heavy (non-hydrogen) atoms. The topological polar surface area (TPSA) is 134 Å². The maximum atomic E-state index is 12.4. The summed E-state index contributed by atoms with van der Waals surface area (Å²) >= 11 is 0. The van der Waals surface area contributed by atoms with Crippen molar-refractivity contribution in [2.45, 2.75) is 181 Å². The van der Waals surface area contributed by atoms with Crippen LogP contribution in [0.3, 0.4) is 0 Å². The van der Waals surface area contributed by atoms with Gasteiger partial charge in [0.15, 0.2) is 6.10 Å². The van der Waals surface area contributed by atoms with E-state index in [0.29, 0.717) is 6.42 Å². The quantitative estimate of drug-likeness (QED) is 0.0414. The Morgan fingerprint density at radius 1 is 0.614 bits per heavy atom. The monoisotopic (exact) mass is 651 g/mol. The van der Waals surface area contributed by atoms with Crippen LogP contribution in [-0.4, -0.2) is 49.3 Å². The Labute approximate surface area is 270 Å². The molecule has 0 aliphatic rings. The Morgan fingerprint density at radius 2 is 1.00 bits per heavy atom. The maximum absolute atomic E-state index is 12.4. The summed E-state index contributed by atoms with van der Waals surface area (Å²) in [4.78, 5) is 34.5. The summed E-state index contributed by atoms with van der Waals surface area (Å²) in [6.45, 7) is 7.70. The van der Waals surface area contributed by atoms with Gasteiger partial charge in [-0.2, -0.15) is 0 Å². The number of hydrogen-bond donors (Lipinski definition) is 2. The fraction of sp³-hybridized carbons (Fsp3) is 0.941. The van der Waals surface area contributed by atoms with E-state index in [1.165, 1.54) is 96.3 Å². The number of hydrogen-bond acceptors (Lipinski definition) is 8. The predicted octanol–water partition coefficient (Wildman–Crippen LogP) is 9.57. The molecule has 0 saturated carbocycles. The minimum absolute atomic E-state index is 0.0574. The van der Waals surface area contributed by atoms with Gasteiger partial charge in [0, 0.05) is 19.4 Å². The van der Waals surface area contributed by atoms with Crippen LogP contribution in [0.15, 0.2) is 0 Å². The van der Waals surface area contributed by atoms with Crippen molar-refractivity contribution in [3.63, 3.8) is 0 Å². The summed E-state index contributed by atoms with van der Waals surface area (Å²) in [5, 5.41) is 0. The molecule has 3 N–H and O–H groups in total. The van der Waals surface area contributed by atoms with Crippen LogP contribution in [-0.2, 0) is 32.7 Å². The Balaban J connectivity index is 0. The first-order chi connectivity index (χ1) is 21.3. The molecule has 0 saturated heterocycles. The van der Waals surface area contributed by atoms with Gasteiger partial charge in [-0.3, -0.25) is 18.6 Å². The molecule has 0 aliphatic carbocycles. The van der Waals surface area contributed by atoms with Crippen molar-refractivity contribution in [3.8, 4) is 0 Å². The second-order valence-corrected chi connectivity index (χ2v) is 12.9. The van der Waals surface area contributed by atoms with Crippen LogP contribution in [0.5, 0.6) is 0 Å². The fourth-order valence-corrected chi connectivity index (χ4v) is 5.46. The highest BCUT2D eigenvalue weighted by Crippen LogP contribution is 2.43. The van der Waals surface area contributed by atoms with E-state index in [0.717, 1.165) is 32.1 Å². The number of ether oxygens (including phenoxy) is 2. The van der Waals surface area contributed by atoms with Crippen LogP contribution >= 0.6 is 7.82 Å². The van der Waals surface area contributed by atoms with Crippen molar-refractivity contribution in [2.24, 2.45) is 5.73 Å². The summed E-state index contributed by atoms with van der Waals surface area (Å²) < 4.78 is 32.5. The molecule has 0 aromatic rings. The molecule has 10 heteroatoms. The summed E-state index contributed by atoms with van der Waals surface area (Å²) in [6.07, 6.45) is 24.2. The van der Waals surface area contributed by atoms with E-state index >= 15 is 0 Å². The SMILES string of the molecule is CC.CCCCCCCCCCCCCC(=O)OC[C@H](COP(=O)(O)OCCN)OC(=O)CCCCCCCCCCCC. The second-order valence-electron chi connectivity index (χ2n) is 11.4. The third-order valence-corrected chi connectivity index (χ3v) is 8.23.